The number of carboxylic acids is 1. The topological polar surface area (TPSA) is 52.6 Å². The van der Waals surface area contributed by atoms with Gasteiger partial charge in [0, 0.05) is 24.5 Å². The minimum Gasteiger partial charge on any atom is -0.480 e. The van der Waals surface area contributed by atoms with E-state index < -0.39 is 12.0 Å². The number of carboxylic acid groups (broad SMARTS) is 1. The Morgan fingerprint density at radius 3 is 2.11 bits per heavy atom. The molecule has 1 aromatic rings. The van der Waals surface area contributed by atoms with Gasteiger partial charge in [0.25, 0.3) is 0 Å². The second-order valence-corrected chi connectivity index (χ2v) is 4.92. The van der Waals surface area contributed by atoms with E-state index in [0.29, 0.717) is 0 Å². The maximum absolute atomic E-state index is 11.1. The lowest BCUT2D eigenvalue weighted by Gasteiger charge is -2.22. The first-order chi connectivity index (χ1) is 8.99. The third-order valence-electron chi connectivity index (χ3n) is 3.25. The van der Waals surface area contributed by atoms with Gasteiger partial charge in [0.05, 0.1) is 0 Å². The van der Waals surface area contributed by atoms with E-state index in [1.54, 1.807) is 0 Å². The molecule has 0 fully saturated rings. The van der Waals surface area contributed by atoms with Crippen molar-refractivity contribution in [1.82, 2.24) is 0 Å². The molecule has 0 radical (unpaired) electrons. The number of carbonyl (C=O) groups is 1. The van der Waals surface area contributed by atoms with Crippen molar-refractivity contribution in [1.29, 1.82) is 0 Å². The van der Waals surface area contributed by atoms with Crippen LogP contribution in [0.3, 0.4) is 0 Å². The number of hydrogen-bond acceptors (Lipinski definition) is 3. The molecule has 0 spiro atoms. The van der Waals surface area contributed by atoms with E-state index in [0.717, 1.165) is 24.5 Å². The maximum atomic E-state index is 11.1. The van der Waals surface area contributed by atoms with Gasteiger partial charge in [-0.15, -0.1) is 0 Å². The standard InChI is InChI=1S/C15H24N2O2/c1-5-17(6-2)13-9-7-12(8-10-13)16-14(11(3)4)15(18)19/h7-11,14,16H,5-6H2,1-4H3,(H,18,19). The Morgan fingerprint density at radius 2 is 1.74 bits per heavy atom. The zero-order valence-corrected chi connectivity index (χ0v) is 12.2. The van der Waals surface area contributed by atoms with Crippen molar-refractivity contribution in [3.8, 4) is 0 Å². The molecule has 106 valence electrons. The number of rotatable bonds is 7. The SMILES string of the molecule is CCN(CC)c1ccc(NC(C(=O)O)C(C)C)cc1. The summed E-state index contributed by atoms with van der Waals surface area (Å²) < 4.78 is 0. The highest BCUT2D eigenvalue weighted by Crippen LogP contribution is 2.19. The van der Waals surface area contributed by atoms with E-state index in [2.05, 4.69) is 24.1 Å². The average Bonchev–Trinajstić information content (AvgIpc) is 2.38. The summed E-state index contributed by atoms with van der Waals surface area (Å²) >= 11 is 0. The van der Waals surface area contributed by atoms with Crippen LogP contribution in [-0.4, -0.2) is 30.2 Å². The third kappa shape index (κ3) is 4.16. The summed E-state index contributed by atoms with van der Waals surface area (Å²) in [5, 5.41) is 12.2. The Morgan fingerprint density at radius 1 is 1.21 bits per heavy atom. The Labute approximate surface area is 115 Å². The van der Waals surface area contributed by atoms with Crippen LogP contribution in [0.1, 0.15) is 27.7 Å². The fraction of sp³-hybridized carbons (Fsp3) is 0.533. The Hall–Kier alpha value is -1.71. The molecule has 0 bridgehead atoms. The Balaban J connectivity index is 2.78. The van der Waals surface area contributed by atoms with Crippen molar-refractivity contribution in [3.63, 3.8) is 0 Å². The highest BCUT2D eigenvalue weighted by atomic mass is 16.4. The predicted molar refractivity (Wildman–Crippen MR) is 79.9 cm³/mol. The number of hydrogen-bond donors (Lipinski definition) is 2. The van der Waals surface area contributed by atoms with Crippen LogP contribution in [-0.2, 0) is 4.79 Å². The van der Waals surface area contributed by atoms with Gasteiger partial charge in [0.2, 0.25) is 0 Å². The van der Waals surface area contributed by atoms with Gasteiger partial charge in [-0.05, 0) is 44.0 Å². The Bertz CT molecular complexity index is 397. The van der Waals surface area contributed by atoms with Crippen LogP contribution in [0.25, 0.3) is 0 Å². The second kappa shape index (κ2) is 7.02. The summed E-state index contributed by atoms with van der Waals surface area (Å²) in [4.78, 5) is 13.4. The molecular weight excluding hydrogens is 240 g/mol. The van der Waals surface area contributed by atoms with Crippen molar-refractivity contribution in [2.45, 2.75) is 33.7 Å². The summed E-state index contributed by atoms with van der Waals surface area (Å²) in [6, 6.07) is 7.36. The number of benzene rings is 1. The fourth-order valence-electron chi connectivity index (χ4n) is 2.05. The first-order valence-corrected chi connectivity index (χ1v) is 6.83. The smallest absolute Gasteiger partial charge is 0.326 e. The van der Waals surface area contributed by atoms with Crippen LogP contribution in [0.2, 0.25) is 0 Å². The molecule has 0 aliphatic heterocycles. The van der Waals surface area contributed by atoms with Gasteiger partial charge < -0.3 is 15.3 Å². The zero-order chi connectivity index (χ0) is 14.4. The molecule has 4 heteroatoms. The van der Waals surface area contributed by atoms with Gasteiger partial charge in [-0.2, -0.15) is 0 Å². The molecule has 0 saturated heterocycles. The molecule has 1 atom stereocenters. The van der Waals surface area contributed by atoms with E-state index in [4.69, 9.17) is 5.11 Å². The summed E-state index contributed by atoms with van der Waals surface area (Å²) in [5.74, 6) is -0.775. The van der Waals surface area contributed by atoms with E-state index in [9.17, 15) is 4.79 Å². The van der Waals surface area contributed by atoms with Crippen LogP contribution < -0.4 is 10.2 Å². The number of anilines is 2. The fourth-order valence-corrected chi connectivity index (χ4v) is 2.05. The van der Waals surface area contributed by atoms with Crippen LogP contribution in [0.5, 0.6) is 0 Å². The van der Waals surface area contributed by atoms with Crippen LogP contribution in [0, 0.1) is 5.92 Å². The molecule has 1 unspecified atom stereocenters. The monoisotopic (exact) mass is 264 g/mol. The highest BCUT2D eigenvalue weighted by molar-refractivity contribution is 5.77. The summed E-state index contributed by atoms with van der Waals surface area (Å²) in [6.07, 6.45) is 0. The second-order valence-electron chi connectivity index (χ2n) is 4.92. The lowest BCUT2D eigenvalue weighted by molar-refractivity contribution is -0.138. The van der Waals surface area contributed by atoms with Crippen molar-refractivity contribution in [3.05, 3.63) is 24.3 Å². The summed E-state index contributed by atoms with van der Waals surface area (Å²) in [6.45, 7) is 9.97. The lowest BCUT2D eigenvalue weighted by atomic mass is 10.0. The minimum absolute atomic E-state index is 0.0416. The quantitative estimate of drug-likeness (QED) is 0.794. The number of aliphatic carboxylic acids is 1. The first-order valence-electron chi connectivity index (χ1n) is 6.83. The molecule has 2 N–H and O–H groups in total. The van der Waals surface area contributed by atoms with Crippen molar-refractivity contribution >= 4 is 17.3 Å². The Kier molecular flexibility index (Phi) is 5.67. The lowest BCUT2D eigenvalue weighted by Crippen LogP contribution is -2.34. The molecule has 19 heavy (non-hydrogen) atoms. The number of nitrogens with one attached hydrogen (secondary N) is 1. The predicted octanol–water partition coefficient (Wildman–Crippen LogP) is 3.05. The molecule has 0 amide bonds. The molecule has 4 nitrogen and oxygen atoms in total. The number of nitrogens with zero attached hydrogens (tertiary/aromatic N) is 1. The molecule has 0 aromatic heterocycles. The molecule has 1 rings (SSSR count). The zero-order valence-electron chi connectivity index (χ0n) is 12.2. The van der Waals surface area contributed by atoms with Gasteiger partial charge in [-0.3, -0.25) is 0 Å². The molecule has 0 saturated carbocycles. The van der Waals surface area contributed by atoms with Crippen LogP contribution in [0.4, 0.5) is 11.4 Å². The summed E-state index contributed by atoms with van der Waals surface area (Å²) in [5.41, 5.74) is 2.00. The molecule has 1 aromatic carbocycles. The normalized spacial score (nSPS) is 12.3. The van der Waals surface area contributed by atoms with Crippen molar-refractivity contribution in [2.75, 3.05) is 23.3 Å². The van der Waals surface area contributed by atoms with E-state index in [-0.39, 0.29) is 5.92 Å². The van der Waals surface area contributed by atoms with Crippen LogP contribution >= 0.6 is 0 Å². The van der Waals surface area contributed by atoms with Gasteiger partial charge in [0.1, 0.15) is 6.04 Å². The van der Waals surface area contributed by atoms with Gasteiger partial charge in [-0.25, -0.2) is 4.79 Å². The highest BCUT2D eigenvalue weighted by Gasteiger charge is 2.20. The van der Waals surface area contributed by atoms with Gasteiger partial charge in [0.15, 0.2) is 0 Å². The molecule has 0 aliphatic carbocycles. The van der Waals surface area contributed by atoms with Gasteiger partial charge >= 0.3 is 5.97 Å². The first kappa shape index (κ1) is 15.3. The third-order valence-corrected chi connectivity index (χ3v) is 3.25. The van der Waals surface area contributed by atoms with E-state index in [1.807, 2.05) is 38.1 Å². The van der Waals surface area contributed by atoms with Crippen molar-refractivity contribution in [2.24, 2.45) is 5.92 Å². The molecule has 0 heterocycles. The molecular formula is C15H24N2O2. The van der Waals surface area contributed by atoms with Crippen LogP contribution in [0.15, 0.2) is 24.3 Å². The average molecular weight is 264 g/mol. The van der Waals surface area contributed by atoms with E-state index in [1.165, 1.54) is 0 Å². The van der Waals surface area contributed by atoms with E-state index >= 15 is 0 Å². The summed E-state index contributed by atoms with van der Waals surface area (Å²) in [7, 11) is 0. The molecule has 0 aliphatic rings. The van der Waals surface area contributed by atoms with Crippen molar-refractivity contribution < 1.29 is 9.90 Å². The largest absolute Gasteiger partial charge is 0.480 e. The van der Waals surface area contributed by atoms with Gasteiger partial charge in [-0.1, -0.05) is 13.8 Å². The minimum atomic E-state index is -0.817. The maximum Gasteiger partial charge on any atom is 0.326 e.